The van der Waals surface area contributed by atoms with E-state index in [2.05, 4.69) is 0 Å². The van der Waals surface area contributed by atoms with Crippen molar-refractivity contribution in [2.75, 3.05) is 6.61 Å². The fourth-order valence-corrected chi connectivity index (χ4v) is 1.71. The number of fused-ring (bicyclic) bond motifs is 1. The lowest BCUT2D eigenvalue weighted by atomic mass is 9.79. The van der Waals surface area contributed by atoms with E-state index in [-0.39, 0.29) is 18.8 Å². The summed E-state index contributed by atoms with van der Waals surface area (Å²) in [7, 11) is 0. The highest BCUT2D eigenvalue weighted by Crippen LogP contribution is 2.35. The molecule has 1 aliphatic heterocycles. The van der Waals surface area contributed by atoms with Gasteiger partial charge in [-0.25, -0.2) is 0 Å². The predicted octanol–water partition coefficient (Wildman–Crippen LogP) is 2.18. The molecule has 0 spiro atoms. The second-order valence-corrected chi connectivity index (χ2v) is 4.01. The lowest BCUT2D eigenvalue weighted by molar-refractivity contribution is 0.0661. The van der Waals surface area contributed by atoms with Crippen molar-refractivity contribution < 1.29 is 9.53 Å². The average Bonchev–Trinajstić information content (AvgIpc) is 2.25. The topological polar surface area (TPSA) is 50.1 Å². The van der Waals surface area contributed by atoms with Crippen molar-refractivity contribution in [3.8, 4) is 11.8 Å². The number of nitriles is 1. The maximum absolute atomic E-state index is 12.1. The Hall–Kier alpha value is -1.82. The van der Waals surface area contributed by atoms with Crippen molar-refractivity contribution in [2.45, 2.75) is 13.3 Å². The van der Waals surface area contributed by atoms with E-state index in [1.165, 1.54) is 0 Å². The Balaban J connectivity index is 2.43. The molecule has 3 nitrogen and oxygen atoms in total. The van der Waals surface area contributed by atoms with Gasteiger partial charge in [-0.15, -0.1) is 0 Å². The second kappa shape index (κ2) is 3.39. The van der Waals surface area contributed by atoms with Gasteiger partial charge in [-0.3, -0.25) is 4.79 Å². The molecule has 0 saturated heterocycles. The molecule has 1 heterocycles. The highest BCUT2D eigenvalue weighted by Gasteiger charge is 2.39. The summed E-state index contributed by atoms with van der Waals surface area (Å²) in [6.45, 7) is 2.06. The second-order valence-electron chi connectivity index (χ2n) is 4.01. The number of ketones is 1. The van der Waals surface area contributed by atoms with Crippen LogP contribution in [-0.2, 0) is 0 Å². The molecule has 0 fully saturated rings. The van der Waals surface area contributed by atoms with Crippen molar-refractivity contribution in [1.29, 1.82) is 5.26 Å². The van der Waals surface area contributed by atoms with Gasteiger partial charge in [0, 0.05) is 0 Å². The van der Waals surface area contributed by atoms with Crippen LogP contribution in [0.3, 0.4) is 0 Å². The summed E-state index contributed by atoms with van der Waals surface area (Å²) in [6, 6.07) is 9.19. The Bertz CT molecular complexity index is 447. The molecule has 0 aromatic heterocycles. The number of carbonyl (C=O) groups is 1. The van der Waals surface area contributed by atoms with E-state index in [1.54, 1.807) is 25.1 Å². The van der Waals surface area contributed by atoms with E-state index in [1.807, 2.05) is 12.1 Å². The molecule has 1 atom stereocenters. The number of ether oxygens (including phenoxy) is 1. The van der Waals surface area contributed by atoms with E-state index < -0.39 is 5.41 Å². The fraction of sp³-hybridized carbons (Fsp3) is 0.333. The molecular weight excluding hydrogens is 190 g/mol. The highest BCUT2D eigenvalue weighted by atomic mass is 16.5. The monoisotopic (exact) mass is 201 g/mol. The van der Waals surface area contributed by atoms with Crippen LogP contribution < -0.4 is 4.74 Å². The third kappa shape index (κ3) is 1.48. The minimum atomic E-state index is -0.691. The van der Waals surface area contributed by atoms with Crippen molar-refractivity contribution in [2.24, 2.45) is 5.41 Å². The average molecular weight is 201 g/mol. The fourth-order valence-electron chi connectivity index (χ4n) is 1.71. The SMILES string of the molecule is CC1(CC#N)COc2ccccc2C1=O. The first kappa shape index (κ1) is 9.72. The molecule has 0 amide bonds. The summed E-state index contributed by atoms with van der Waals surface area (Å²) in [5.74, 6) is 0.629. The minimum absolute atomic E-state index is 0.00546. The van der Waals surface area contributed by atoms with Gasteiger partial charge in [0.2, 0.25) is 0 Å². The third-order valence-electron chi connectivity index (χ3n) is 2.70. The molecule has 0 bridgehead atoms. The summed E-state index contributed by atoms with van der Waals surface area (Å²) < 4.78 is 5.49. The van der Waals surface area contributed by atoms with Crippen molar-refractivity contribution >= 4 is 5.78 Å². The van der Waals surface area contributed by atoms with Crippen LogP contribution >= 0.6 is 0 Å². The molecule has 1 unspecified atom stereocenters. The van der Waals surface area contributed by atoms with Gasteiger partial charge in [-0.1, -0.05) is 12.1 Å². The minimum Gasteiger partial charge on any atom is -0.492 e. The molecule has 15 heavy (non-hydrogen) atoms. The lowest BCUT2D eigenvalue weighted by Gasteiger charge is -2.31. The Morgan fingerprint density at radius 1 is 1.53 bits per heavy atom. The van der Waals surface area contributed by atoms with Gasteiger partial charge in [0.15, 0.2) is 5.78 Å². The summed E-state index contributed by atoms with van der Waals surface area (Å²) in [4.78, 5) is 12.1. The summed E-state index contributed by atoms with van der Waals surface area (Å²) in [5, 5.41) is 8.69. The summed E-state index contributed by atoms with van der Waals surface area (Å²) >= 11 is 0. The summed E-state index contributed by atoms with van der Waals surface area (Å²) in [5.41, 5.74) is -0.107. The Morgan fingerprint density at radius 2 is 2.27 bits per heavy atom. The molecule has 1 aromatic rings. The molecule has 0 aliphatic carbocycles. The molecule has 3 heteroatoms. The quantitative estimate of drug-likeness (QED) is 0.699. The van der Waals surface area contributed by atoms with Crippen LogP contribution in [0.15, 0.2) is 24.3 Å². The van der Waals surface area contributed by atoms with Crippen molar-refractivity contribution in [1.82, 2.24) is 0 Å². The number of benzene rings is 1. The highest BCUT2D eigenvalue weighted by molar-refractivity contribution is 6.03. The van der Waals surface area contributed by atoms with Crippen LogP contribution in [0.4, 0.5) is 0 Å². The van der Waals surface area contributed by atoms with E-state index in [0.717, 1.165) is 0 Å². The first-order valence-electron chi connectivity index (χ1n) is 4.81. The van der Waals surface area contributed by atoms with Crippen LogP contribution in [0.5, 0.6) is 5.75 Å². The van der Waals surface area contributed by atoms with E-state index in [4.69, 9.17) is 10.00 Å². The smallest absolute Gasteiger partial charge is 0.176 e. The maximum atomic E-state index is 12.1. The first-order valence-corrected chi connectivity index (χ1v) is 4.81. The molecule has 0 saturated carbocycles. The zero-order valence-electron chi connectivity index (χ0n) is 8.49. The number of rotatable bonds is 1. The van der Waals surface area contributed by atoms with Crippen molar-refractivity contribution in [3.05, 3.63) is 29.8 Å². The molecule has 0 N–H and O–H groups in total. The molecular formula is C12H11NO2. The van der Waals surface area contributed by atoms with Crippen LogP contribution in [-0.4, -0.2) is 12.4 Å². The maximum Gasteiger partial charge on any atom is 0.176 e. The van der Waals surface area contributed by atoms with Gasteiger partial charge < -0.3 is 4.74 Å². The number of Topliss-reactive ketones (excluding diaryl/α,β-unsaturated/α-hetero) is 1. The largest absolute Gasteiger partial charge is 0.492 e. The lowest BCUT2D eigenvalue weighted by Crippen LogP contribution is -2.38. The standard InChI is InChI=1S/C12H11NO2/c1-12(6-7-13)8-15-10-5-3-2-4-9(10)11(12)14/h2-5H,6,8H2,1H3. The van der Waals surface area contributed by atoms with Gasteiger partial charge in [0.1, 0.15) is 12.4 Å². The van der Waals surface area contributed by atoms with Crippen molar-refractivity contribution in [3.63, 3.8) is 0 Å². The normalized spacial score (nSPS) is 23.9. The molecule has 1 aliphatic rings. The Morgan fingerprint density at radius 3 is 3.00 bits per heavy atom. The van der Waals surface area contributed by atoms with Gasteiger partial charge in [-0.05, 0) is 19.1 Å². The number of hydrogen-bond donors (Lipinski definition) is 0. The van der Waals surface area contributed by atoms with Gasteiger partial charge in [-0.2, -0.15) is 5.26 Å². The van der Waals surface area contributed by atoms with E-state index in [0.29, 0.717) is 11.3 Å². The predicted molar refractivity (Wildman–Crippen MR) is 54.6 cm³/mol. The van der Waals surface area contributed by atoms with Crippen LogP contribution in [0.1, 0.15) is 23.7 Å². The molecule has 0 radical (unpaired) electrons. The zero-order chi connectivity index (χ0) is 10.9. The van der Waals surface area contributed by atoms with Gasteiger partial charge in [0.25, 0.3) is 0 Å². The van der Waals surface area contributed by atoms with E-state index >= 15 is 0 Å². The number of para-hydroxylation sites is 1. The number of hydrogen-bond acceptors (Lipinski definition) is 3. The number of carbonyl (C=O) groups excluding carboxylic acids is 1. The molecule has 76 valence electrons. The molecule has 1 aromatic carbocycles. The van der Waals surface area contributed by atoms with Crippen LogP contribution in [0.2, 0.25) is 0 Å². The first-order chi connectivity index (χ1) is 7.17. The van der Waals surface area contributed by atoms with Crippen LogP contribution in [0, 0.1) is 16.7 Å². The van der Waals surface area contributed by atoms with Crippen LogP contribution in [0.25, 0.3) is 0 Å². The van der Waals surface area contributed by atoms with Gasteiger partial charge >= 0.3 is 0 Å². The Labute approximate surface area is 88.3 Å². The summed E-state index contributed by atoms with van der Waals surface area (Å²) in [6.07, 6.45) is 0.195. The third-order valence-corrected chi connectivity index (χ3v) is 2.70. The van der Waals surface area contributed by atoms with E-state index in [9.17, 15) is 4.79 Å². The Kier molecular flexibility index (Phi) is 2.20. The van der Waals surface area contributed by atoms with Gasteiger partial charge in [0.05, 0.1) is 23.5 Å². The molecule has 2 rings (SSSR count). The zero-order valence-corrected chi connectivity index (χ0v) is 8.49. The number of nitrogens with zero attached hydrogens (tertiary/aromatic N) is 1.